The first kappa shape index (κ1) is 15.1. The molecule has 9 heteroatoms. The molecule has 0 spiro atoms. The number of benzene rings is 1. The summed E-state index contributed by atoms with van der Waals surface area (Å²) in [4.78, 5) is 28.6. The highest BCUT2D eigenvalue weighted by molar-refractivity contribution is 5.97. The molecule has 0 bridgehead atoms. The van der Waals surface area contributed by atoms with Gasteiger partial charge in [0.2, 0.25) is 0 Å². The number of halogens is 1. The maximum atomic E-state index is 14.2. The van der Waals surface area contributed by atoms with Crippen molar-refractivity contribution in [3.8, 4) is 5.69 Å². The van der Waals surface area contributed by atoms with Crippen molar-refractivity contribution in [3.63, 3.8) is 0 Å². The molecule has 8 nitrogen and oxygen atoms in total. The Kier molecular flexibility index (Phi) is 4.02. The lowest BCUT2D eigenvalue weighted by atomic mass is 10.1. The summed E-state index contributed by atoms with van der Waals surface area (Å²) in [7, 11) is 0. The Morgan fingerprint density at radius 2 is 2.22 bits per heavy atom. The molecule has 0 radical (unpaired) electrons. The molecule has 1 aliphatic rings. The molecule has 1 atom stereocenters. The van der Waals surface area contributed by atoms with Crippen molar-refractivity contribution in [1.82, 2.24) is 19.7 Å². The van der Waals surface area contributed by atoms with Crippen LogP contribution < -0.4 is 0 Å². The minimum absolute atomic E-state index is 0.0690. The first-order valence-electron chi connectivity index (χ1n) is 6.84. The fraction of sp³-hybridized carbons (Fsp3) is 0.286. The Labute approximate surface area is 130 Å². The number of hydrogen-bond donors (Lipinski definition) is 1. The molecule has 1 saturated heterocycles. The Morgan fingerprint density at radius 1 is 1.39 bits per heavy atom. The van der Waals surface area contributed by atoms with Crippen molar-refractivity contribution in [2.45, 2.75) is 6.04 Å². The second-order valence-electron chi connectivity index (χ2n) is 4.93. The molecular weight excluding hydrogens is 307 g/mol. The van der Waals surface area contributed by atoms with Gasteiger partial charge in [-0.2, -0.15) is 5.10 Å². The van der Waals surface area contributed by atoms with Crippen LogP contribution in [0.4, 0.5) is 4.39 Å². The van der Waals surface area contributed by atoms with Crippen molar-refractivity contribution in [2.24, 2.45) is 0 Å². The summed E-state index contributed by atoms with van der Waals surface area (Å²) >= 11 is 0. The van der Waals surface area contributed by atoms with Crippen LogP contribution >= 0.6 is 0 Å². The molecule has 2 aromatic rings. The molecule has 1 aliphatic heterocycles. The molecule has 1 N–H and O–H groups in total. The molecule has 0 saturated carbocycles. The third-order valence-corrected chi connectivity index (χ3v) is 3.53. The van der Waals surface area contributed by atoms with E-state index in [4.69, 9.17) is 9.84 Å². The van der Waals surface area contributed by atoms with Crippen molar-refractivity contribution in [1.29, 1.82) is 0 Å². The normalized spacial score (nSPS) is 18.0. The van der Waals surface area contributed by atoms with Crippen molar-refractivity contribution < 1.29 is 23.8 Å². The van der Waals surface area contributed by atoms with Crippen LogP contribution in [0.15, 0.2) is 30.9 Å². The predicted octanol–water partition coefficient (Wildman–Crippen LogP) is 0.332. The van der Waals surface area contributed by atoms with E-state index in [1.807, 2.05) is 0 Å². The van der Waals surface area contributed by atoms with Gasteiger partial charge < -0.3 is 14.7 Å². The number of amides is 1. The van der Waals surface area contributed by atoms with E-state index in [1.54, 1.807) is 0 Å². The van der Waals surface area contributed by atoms with E-state index in [2.05, 4.69) is 10.1 Å². The Bertz CT molecular complexity index is 734. The van der Waals surface area contributed by atoms with E-state index in [0.29, 0.717) is 0 Å². The van der Waals surface area contributed by atoms with Gasteiger partial charge in [0.1, 0.15) is 24.2 Å². The van der Waals surface area contributed by atoms with E-state index >= 15 is 0 Å². The highest BCUT2D eigenvalue weighted by Crippen LogP contribution is 2.18. The lowest BCUT2D eigenvalue weighted by Gasteiger charge is -2.32. The molecular formula is C14H13FN4O4. The lowest BCUT2D eigenvalue weighted by Crippen LogP contribution is -2.52. The average Bonchev–Trinajstić information content (AvgIpc) is 3.08. The SMILES string of the molecule is O=C(O)[C@@H]1COCCN1C(=O)c1ccc(-n2cncn2)c(F)c1. The highest BCUT2D eigenvalue weighted by Gasteiger charge is 2.33. The molecule has 1 aromatic carbocycles. The zero-order valence-electron chi connectivity index (χ0n) is 11.9. The zero-order chi connectivity index (χ0) is 16.4. The molecule has 120 valence electrons. The van der Waals surface area contributed by atoms with Gasteiger partial charge in [0.15, 0.2) is 6.04 Å². The number of aromatic nitrogens is 3. The Hall–Kier alpha value is -2.81. The molecule has 1 aromatic heterocycles. The first-order valence-corrected chi connectivity index (χ1v) is 6.84. The Morgan fingerprint density at radius 3 is 2.87 bits per heavy atom. The number of carbonyl (C=O) groups excluding carboxylic acids is 1. The molecule has 0 aliphatic carbocycles. The number of nitrogens with zero attached hydrogens (tertiary/aromatic N) is 4. The van der Waals surface area contributed by atoms with Gasteiger partial charge in [0, 0.05) is 12.1 Å². The second-order valence-corrected chi connectivity index (χ2v) is 4.93. The van der Waals surface area contributed by atoms with Gasteiger partial charge in [-0.25, -0.2) is 18.9 Å². The van der Waals surface area contributed by atoms with E-state index in [9.17, 15) is 14.0 Å². The van der Waals surface area contributed by atoms with Crippen LogP contribution in [0.1, 0.15) is 10.4 Å². The summed E-state index contributed by atoms with van der Waals surface area (Å²) in [5.74, 6) is -2.36. The van der Waals surface area contributed by atoms with E-state index in [-0.39, 0.29) is 31.0 Å². The van der Waals surface area contributed by atoms with E-state index in [0.717, 1.165) is 6.07 Å². The number of aliphatic carboxylic acids is 1. The van der Waals surface area contributed by atoms with Gasteiger partial charge in [0.25, 0.3) is 5.91 Å². The predicted molar refractivity (Wildman–Crippen MR) is 74.6 cm³/mol. The number of morpholine rings is 1. The van der Waals surface area contributed by atoms with Gasteiger partial charge in [-0.05, 0) is 18.2 Å². The summed E-state index contributed by atoms with van der Waals surface area (Å²) in [6, 6.07) is 2.81. The summed E-state index contributed by atoms with van der Waals surface area (Å²) < 4.78 is 20.5. The number of hydrogen-bond acceptors (Lipinski definition) is 5. The maximum Gasteiger partial charge on any atom is 0.328 e. The maximum absolute atomic E-state index is 14.2. The molecule has 1 fully saturated rings. The summed E-state index contributed by atoms with van der Waals surface area (Å²) in [5.41, 5.74) is 0.218. The summed E-state index contributed by atoms with van der Waals surface area (Å²) in [6.07, 6.45) is 2.60. The number of carboxylic acid groups (broad SMARTS) is 1. The largest absolute Gasteiger partial charge is 0.480 e. The fourth-order valence-electron chi connectivity index (χ4n) is 2.38. The number of carbonyl (C=O) groups is 2. The molecule has 0 unspecified atom stereocenters. The van der Waals surface area contributed by atoms with Gasteiger partial charge >= 0.3 is 5.97 Å². The third-order valence-electron chi connectivity index (χ3n) is 3.53. The van der Waals surface area contributed by atoms with Crippen molar-refractivity contribution in [2.75, 3.05) is 19.8 Å². The molecule has 23 heavy (non-hydrogen) atoms. The third kappa shape index (κ3) is 2.90. The Balaban J connectivity index is 1.87. The lowest BCUT2D eigenvalue weighted by molar-refractivity contribution is -0.147. The molecule has 3 rings (SSSR count). The van der Waals surface area contributed by atoms with Gasteiger partial charge in [0.05, 0.1) is 13.2 Å². The quantitative estimate of drug-likeness (QED) is 0.875. The average molecular weight is 320 g/mol. The van der Waals surface area contributed by atoms with Crippen LogP contribution in [0, 0.1) is 5.82 Å². The van der Waals surface area contributed by atoms with Gasteiger partial charge in [-0.1, -0.05) is 0 Å². The zero-order valence-corrected chi connectivity index (χ0v) is 11.9. The second kappa shape index (κ2) is 6.13. The van der Waals surface area contributed by atoms with E-state index in [1.165, 1.54) is 34.4 Å². The smallest absolute Gasteiger partial charge is 0.328 e. The monoisotopic (exact) mass is 320 g/mol. The van der Waals surface area contributed by atoms with Crippen LogP contribution in [0.2, 0.25) is 0 Å². The highest BCUT2D eigenvalue weighted by atomic mass is 19.1. The number of carboxylic acids is 1. The summed E-state index contributed by atoms with van der Waals surface area (Å²) in [5, 5.41) is 13.0. The first-order chi connectivity index (χ1) is 11.1. The number of rotatable bonds is 3. The van der Waals surface area contributed by atoms with Crippen LogP contribution in [0.3, 0.4) is 0 Å². The number of ether oxygens (including phenoxy) is 1. The van der Waals surface area contributed by atoms with Gasteiger partial charge in [-0.15, -0.1) is 0 Å². The summed E-state index contributed by atoms with van der Waals surface area (Å²) in [6.45, 7) is 0.303. The van der Waals surface area contributed by atoms with Crippen LogP contribution in [0.25, 0.3) is 5.69 Å². The van der Waals surface area contributed by atoms with E-state index < -0.39 is 23.7 Å². The minimum atomic E-state index is -1.15. The standard InChI is InChI=1S/C14H13FN4O4/c15-10-5-9(1-2-11(10)19-8-16-7-17-19)13(20)18-3-4-23-6-12(18)14(21)22/h1-2,5,7-8,12H,3-4,6H2,(H,21,22)/t12-/m0/s1. The van der Waals surface area contributed by atoms with Crippen LogP contribution in [-0.4, -0.2) is 62.4 Å². The fourth-order valence-corrected chi connectivity index (χ4v) is 2.38. The van der Waals surface area contributed by atoms with Crippen molar-refractivity contribution in [3.05, 3.63) is 42.2 Å². The minimum Gasteiger partial charge on any atom is -0.480 e. The van der Waals surface area contributed by atoms with Crippen LogP contribution in [0.5, 0.6) is 0 Å². The van der Waals surface area contributed by atoms with Gasteiger partial charge in [-0.3, -0.25) is 4.79 Å². The van der Waals surface area contributed by atoms with Crippen LogP contribution in [-0.2, 0) is 9.53 Å². The topological polar surface area (TPSA) is 97.6 Å². The molecule has 1 amide bonds. The van der Waals surface area contributed by atoms with Crippen molar-refractivity contribution >= 4 is 11.9 Å². The molecule has 2 heterocycles.